The van der Waals surface area contributed by atoms with Crippen LogP contribution in [0.1, 0.15) is 20.3 Å². The van der Waals surface area contributed by atoms with Crippen molar-refractivity contribution in [1.82, 2.24) is 0 Å². The molecule has 0 heterocycles. The molecule has 0 rings (SSSR count). The van der Waals surface area contributed by atoms with E-state index in [1.165, 1.54) is 0 Å². The van der Waals surface area contributed by atoms with Crippen molar-refractivity contribution in [2.24, 2.45) is 0 Å². The number of carbonyl (C=O) groups is 1. The van der Waals surface area contributed by atoms with Crippen LogP contribution in [0.15, 0.2) is 11.3 Å². The fraction of sp³-hybridized carbons (Fsp3) is 0.571. The predicted molar refractivity (Wildman–Crippen MR) is 36.1 cm³/mol. The molecule has 0 atom stereocenters. The highest BCUT2D eigenvalue weighted by molar-refractivity contribution is 5.72. The lowest BCUT2D eigenvalue weighted by atomic mass is 10.2. The molecule has 0 N–H and O–H groups in total. The minimum atomic E-state index is 0.681. The van der Waals surface area contributed by atoms with Crippen molar-refractivity contribution in [2.45, 2.75) is 20.3 Å². The highest BCUT2D eigenvalue weighted by Gasteiger charge is 1.95. The first-order valence-electron chi connectivity index (χ1n) is 2.95. The van der Waals surface area contributed by atoms with Crippen molar-refractivity contribution >= 4 is 6.29 Å². The van der Waals surface area contributed by atoms with Gasteiger partial charge in [-0.1, -0.05) is 6.92 Å². The van der Waals surface area contributed by atoms with Crippen molar-refractivity contribution < 1.29 is 9.53 Å². The number of aldehydes is 1. The molecule has 0 amide bonds. The van der Waals surface area contributed by atoms with Crippen LogP contribution in [0, 0.1) is 0 Å². The molecule has 0 aromatic carbocycles. The highest BCUT2D eigenvalue weighted by atomic mass is 16.5. The molecule has 9 heavy (non-hydrogen) atoms. The van der Waals surface area contributed by atoms with Gasteiger partial charge < -0.3 is 4.74 Å². The van der Waals surface area contributed by atoms with Gasteiger partial charge >= 0.3 is 0 Å². The molecule has 0 aromatic rings. The molecule has 0 unspecified atom stereocenters. The van der Waals surface area contributed by atoms with E-state index in [0.29, 0.717) is 5.57 Å². The van der Waals surface area contributed by atoms with Gasteiger partial charge in [-0.3, -0.25) is 4.79 Å². The summed E-state index contributed by atoms with van der Waals surface area (Å²) < 4.78 is 4.90. The fourth-order valence-electron chi connectivity index (χ4n) is 0.650. The first kappa shape index (κ1) is 8.21. The fourth-order valence-corrected chi connectivity index (χ4v) is 0.650. The van der Waals surface area contributed by atoms with Gasteiger partial charge in [0.25, 0.3) is 0 Å². The molecule has 0 saturated carbocycles. The second-order valence-electron chi connectivity index (χ2n) is 1.78. The summed E-state index contributed by atoms with van der Waals surface area (Å²) in [7, 11) is 1.58. The predicted octanol–water partition coefficient (Wildman–Crippen LogP) is 1.52. The number of carbonyl (C=O) groups excluding carboxylic acids is 1. The zero-order chi connectivity index (χ0) is 7.28. The monoisotopic (exact) mass is 128 g/mol. The molecule has 0 aliphatic carbocycles. The van der Waals surface area contributed by atoms with E-state index in [-0.39, 0.29) is 0 Å². The lowest BCUT2D eigenvalue weighted by Gasteiger charge is -2.02. The topological polar surface area (TPSA) is 26.3 Å². The Morgan fingerprint density at radius 1 is 1.67 bits per heavy atom. The molecule has 0 aromatic heterocycles. The minimum absolute atomic E-state index is 0.681. The largest absolute Gasteiger partial charge is 0.501 e. The molecule has 0 spiro atoms. The number of hydrogen-bond acceptors (Lipinski definition) is 2. The maximum absolute atomic E-state index is 10.1. The zero-order valence-electron chi connectivity index (χ0n) is 6.10. The Hall–Kier alpha value is -0.790. The summed E-state index contributed by atoms with van der Waals surface area (Å²) >= 11 is 0. The van der Waals surface area contributed by atoms with E-state index in [0.717, 1.165) is 18.5 Å². The lowest BCUT2D eigenvalue weighted by Crippen LogP contribution is -1.90. The van der Waals surface area contributed by atoms with Crippen molar-refractivity contribution in [2.75, 3.05) is 7.11 Å². The van der Waals surface area contributed by atoms with Gasteiger partial charge in [-0.15, -0.1) is 0 Å². The summed E-state index contributed by atoms with van der Waals surface area (Å²) in [5.74, 6) is 0.769. The molecule has 0 bridgehead atoms. The van der Waals surface area contributed by atoms with Gasteiger partial charge in [0.1, 0.15) is 12.0 Å². The van der Waals surface area contributed by atoms with Gasteiger partial charge in [0.2, 0.25) is 0 Å². The van der Waals surface area contributed by atoms with Crippen LogP contribution in [0.3, 0.4) is 0 Å². The molecule has 0 radical (unpaired) electrons. The summed E-state index contributed by atoms with van der Waals surface area (Å²) in [5.41, 5.74) is 0.681. The van der Waals surface area contributed by atoms with E-state index in [9.17, 15) is 4.79 Å². The van der Waals surface area contributed by atoms with E-state index in [2.05, 4.69) is 0 Å². The number of ether oxygens (including phenoxy) is 1. The van der Waals surface area contributed by atoms with Gasteiger partial charge in [0.05, 0.1) is 7.11 Å². The number of allylic oxidation sites excluding steroid dienone is 2. The third-order valence-corrected chi connectivity index (χ3v) is 1.18. The molecular weight excluding hydrogens is 116 g/mol. The lowest BCUT2D eigenvalue weighted by molar-refractivity contribution is -0.105. The maximum Gasteiger partial charge on any atom is 0.149 e. The van der Waals surface area contributed by atoms with Crippen LogP contribution in [-0.4, -0.2) is 13.4 Å². The van der Waals surface area contributed by atoms with E-state index < -0.39 is 0 Å². The Bertz CT molecular complexity index is 119. The van der Waals surface area contributed by atoms with Crippen LogP contribution in [0.25, 0.3) is 0 Å². The Morgan fingerprint density at radius 2 is 2.22 bits per heavy atom. The van der Waals surface area contributed by atoms with Crippen molar-refractivity contribution in [3.05, 3.63) is 11.3 Å². The van der Waals surface area contributed by atoms with Crippen LogP contribution in [-0.2, 0) is 9.53 Å². The quantitative estimate of drug-likeness (QED) is 0.327. The van der Waals surface area contributed by atoms with Gasteiger partial charge in [0.15, 0.2) is 0 Å². The number of hydrogen-bond donors (Lipinski definition) is 0. The standard InChI is InChI=1S/C7H12O2/c1-4-7(9-3)6(2)5-8/h5H,4H2,1-3H3. The first-order chi connectivity index (χ1) is 4.26. The second kappa shape index (κ2) is 4.13. The third-order valence-electron chi connectivity index (χ3n) is 1.18. The van der Waals surface area contributed by atoms with E-state index in [1.54, 1.807) is 14.0 Å². The summed E-state index contributed by atoms with van der Waals surface area (Å²) in [4.78, 5) is 10.1. The Kier molecular flexibility index (Phi) is 3.76. The van der Waals surface area contributed by atoms with Crippen LogP contribution < -0.4 is 0 Å². The molecular formula is C7H12O2. The van der Waals surface area contributed by atoms with E-state index >= 15 is 0 Å². The van der Waals surface area contributed by atoms with Crippen LogP contribution in [0.5, 0.6) is 0 Å². The third kappa shape index (κ3) is 2.31. The molecule has 0 aliphatic rings. The van der Waals surface area contributed by atoms with Crippen LogP contribution in [0.4, 0.5) is 0 Å². The SMILES string of the molecule is CCC(OC)=C(C)C=O. The van der Waals surface area contributed by atoms with Crippen molar-refractivity contribution in [1.29, 1.82) is 0 Å². The van der Waals surface area contributed by atoms with Gasteiger partial charge in [-0.2, -0.15) is 0 Å². The molecule has 0 aliphatic heterocycles. The van der Waals surface area contributed by atoms with Gasteiger partial charge in [-0.05, 0) is 6.92 Å². The van der Waals surface area contributed by atoms with Crippen molar-refractivity contribution in [3.63, 3.8) is 0 Å². The minimum Gasteiger partial charge on any atom is -0.501 e. The normalized spacial score (nSPS) is 12.3. The first-order valence-corrected chi connectivity index (χ1v) is 2.95. The van der Waals surface area contributed by atoms with Crippen LogP contribution in [0.2, 0.25) is 0 Å². The van der Waals surface area contributed by atoms with E-state index in [1.807, 2.05) is 6.92 Å². The van der Waals surface area contributed by atoms with E-state index in [4.69, 9.17) is 4.74 Å². The van der Waals surface area contributed by atoms with Crippen molar-refractivity contribution in [3.8, 4) is 0 Å². The van der Waals surface area contributed by atoms with Gasteiger partial charge in [0, 0.05) is 12.0 Å². The molecule has 0 saturated heterocycles. The van der Waals surface area contributed by atoms with Crippen LogP contribution >= 0.6 is 0 Å². The molecule has 2 nitrogen and oxygen atoms in total. The smallest absolute Gasteiger partial charge is 0.149 e. The maximum atomic E-state index is 10.1. The summed E-state index contributed by atoms with van der Waals surface area (Å²) in [6, 6.07) is 0. The Labute approximate surface area is 55.5 Å². The highest BCUT2D eigenvalue weighted by Crippen LogP contribution is 2.05. The molecule has 0 fully saturated rings. The number of methoxy groups -OCH3 is 1. The summed E-state index contributed by atoms with van der Waals surface area (Å²) in [5, 5.41) is 0. The average Bonchev–Trinajstić information content (AvgIpc) is 1.90. The number of rotatable bonds is 3. The summed E-state index contributed by atoms with van der Waals surface area (Å²) in [6.45, 7) is 3.70. The zero-order valence-corrected chi connectivity index (χ0v) is 6.10. The second-order valence-corrected chi connectivity index (χ2v) is 1.78. The summed E-state index contributed by atoms with van der Waals surface area (Å²) in [6.07, 6.45) is 1.59. The van der Waals surface area contributed by atoms with Gasteiger partial charge in [-0.25, -0.2) is 0 Å². The molecule has 52 valence electrons. The molecule has 2 heteroatoms. The Morgan fingerprint density at radius 3 is 2.33 bits per heavy atom. The Balaban J connectivity index is 4.17. The average molecular weight is 128 g/mol.